The number of ketones is 1. The van der Waals surface area contributed by atoms with Crippen molar-refractivity contribution in [2.24, 2.45) is 0 Å². The third kappa shape index (κ3) is 1.02. The molecule has 1 radical (unpaired) electrons. The Labute approximate surface area is 50.9 Å². The Morgan fingerprint density at radius 2 is 2.67 bits per heavy atom. The van der Waals surface area contributed by atoms with Crippen molar-refractivity contribution in [3.8, 4) is 0 Å². The van der Waals surface area contributed by atoms with E-state index in [9.17, 15) is 9.59 Å². The molecule has 45 valence electrons. The fraction of sp³-hybridized carbons (Fsp3) is 0. The summed E-state index contributed by atoms with van der Waals surface area (Å²) in [5.41, 5.74) is 0.102. The summed E-state index contributed by atoms with van der Waals surface area (Å²) < 4.78 is 0. The lowest BCUT2D eigenvalue weighted by molar-refractivity contribution is -0.104. The Morgan fingerprint density at radius 1 is 1.89 bits per heavy atom. The molecule has 0 saturated carbocycles. The predicted octanol–water partition coefficient (Wildman–Crippen LogP) is -0.409. The molecule has 0 spiro atoms. The number of carbonyl (C=O) groups excluding carboxylic acids is 2. The van der Waals surface area contributed by atoms with E-state index in [2.05, 4.69) is 16.3 Å². The van der Waals surface area contributed by atoms with E-state index >= 15 is 0 Å². The van der Waals surface area contributed by atoms with E-state index in [0.717, 1.165) is 0 Å². The molecule has 4 heteroatoms. The van der Waals surface area contributed by atoms with Crippen LogP contribution >= 0.6 is 0 Å². The molecule has 1 rings (SSSR count). The number of H-pyrrole nitrogens is 1. The van der Waals surface area contributed by atoms with Crippen LogP contribution in [0.25, 0.3) is 0 Å². The first-order chi connectivity index (χ1) is 4.34. The molecule has 0 aliphatic rings. The van der Waals surface area contributed by atoms with Crippen LogP contribution < -0.4 is 0 Å². The molecule has 0 unspecified atom stereocenters. The number of Topliss-reactive ketones (excluding diaryl/α,β-unsaturated/α-hetero) is 1. The van der Waals surface area contributed by atoms with Gasteiger partial charge in [-0.2, -0.15) is 0 Å². The SMILES string of the molecule is O=CC(=O)c1c[nH][c]n1. The summed E-state index contributed by atoms with van der Waals surface area (Å²) in [7, 11) is 0. The highest BCUT2D eigenvalue weighted by atomic mass is 16.2. The number of aldehydes is 1. The third-order valence-corrected chi connectivity index (χ3v) is 0.809. The van der Waals surface area contributed by atoms with Crippen molar-refractivity contribution in [1.82, 2.24) is 9.97 Å². The summed E-state index contributed by atoms with van der Waals surface area (Å²) in [6.07, 6.45) is 3.82. The second kappa shape index (κ2) is 2.21. The molecule has 0 saturated heterocycles. The maximum Gasteiger partial charge on any atom is 0.245 e. The second-order valence-corrected chi connectivity index (χ2v) is 1.38. The van der Waals surface area contributed by atoms with Gasteiger partial charge in [0.25, 0.3) is 0 Å². The van der Waals surface area contributed by atoms with Crippen LogP contribution in [0.3, 0.4) is 0 Å². The number of hydrogen-bond donors (Lipinski definition) is 1. The molecule has 1 heterocycles. The van der Waals surface area contributed by atoms with Crippen molar-refractivity contribution in [2.75, 3.05) is 0 Å². The summed E-state index contributed by atoms with van der Waals surface area (Å²) in [5, 5.41) is 0. The Balaban J connectivity index is 2.89. The number of nitrogens with zero attached hydrogens (tertiary/aromatic N) is 1. The van der Waals surface area contributed by atoms with Gasteiger partial charge in [0.05, 0.1) is 0 Å². The molecular formula is C5H3N2O2. The Bertz CT molecular complexity index is 215. The molecule has 4 nitrogen and oxygen atoms in total. The van der Waals surface area contributed by atoms with Crippen LogP contribution in [0.4, 0.5) is 0 Å². The molecule has 1 aromatic heterocycles. The average Bonchev–Trinajstić information content (AvgIpc) is 2.37. The highest BCUT2D eigenvalue weighted by molar-refractivity contribution is 6.32. The lowest BCUT2D eigenvalue weighted by Crippen LogP contribution is -1.98. The van der Waals surface area contributed by atoms with Crippen molar-refractivity contribution in [1.29, 1.82) is 0 Å². The van der Waals surface area contributed by atoms with Gasteiger partial charge in [-0.05, 0) is 0 Å². The quantitative estimate of drug-likeness (QED) is 0.330. The Kier molecular flexibility index (Phi) is 1.40. The standard InChI is InChI=1S/C5H3N2O2/c8-2-5(9)4-1-6-3-7-4/h1-2H,(H,6,7). The number of aromatic nitrogens is 2. The molecule has 0 aliphatic heterocycles. The highest BCUT2D eigenvalue weighted by Crippen LogP contribution is 1.87. The molecule has 0 fully saturated rings. The van der Waals surface area contributed by atoms with E-state index in [1.807, 2.05) is 0 Å². The minimum atomic E-state index is -0.632. The molecular weight excluding hydrogens is 120 g/mol. The van der Waals surface area contributed by atoms with Crippen LogP contribution in [0.1, 0.15) is 10.5 Å². The molecule has 1 aromatic rings. The lowest BCUT2D eigenvalue weighted by atomic mass is 10.3. The van der Waals surface area contributed by atoms with Crippen LogP contribution in [-0.2, 0) is 4.79 Å². The van der Waals surface area contributed by atoms with Crippen molar-refractivity contribution in [2.45, 2.75) is 0 Å². The fourth-order valence-corrected chi connectivity index (χ4v) is 0.412. The van der Waals surface area contributed by atoms with Crippen LogP contribution in [0.2, 0.25) is 0 Å². The first-order valence-electron chi connectivity index (χ1n) is 2.25. The minimum Gasteiger partial charge on any atom is -0.341 e. The van der Waals surface area contributed by atoms with E-state index in [0.29, 0.717) is 0 Å². The smallest absolute Gasteiger partial charge is 0.245 e. The highest BCUT2D eigenvalue weighted by Gasteiger charge is 2.03. The molecule has 0 aromatic carbocycles. The molecule has 0 atom stereocenters. The fourth-order valence-electron chi connectivity index (χ4n) is 0.412. The second-order valence-electron chi connectivity index (χ2n) is 1.38. The zero-order valence-corrected chi connectivity index (χ0v) is 4.42. The Morgan fingerprint density at radius 3 is 3.11 bits per heavy atom. The number of imidazole rings is 1. The van der Waals surface area contributed by atoms with Gasteiger partial charge in [-0.25, -0.2) is 4.98 Å². The number of hydrogen-bond acceptors (Lipinski definition) is 3. The van der Waals surface area contributed by atoms with Gasteiger partial charge in [-0.3, -0.25) is 9.59 Å². The normalized spacial score (nSPS) is 8.89. The van der Waals surface area contributed by atoms with Crippen LogP contribution in [0, 0.1) is 6.33 Å². The van der Waals surface area contributed by atoms with Gasteiger partial charge in [0.1, 0.15) is 5.69 Å². The number of nitrogens with one attached hydrogen (secondary N) is 1. The van der Waals surface area contributed by atoms with Crippen molar-refractivity contribution in [3.05, 3.63) is 18.2 Å². The van der Waals surface area contributed by atoms with Crippen molar-refractivity contribution >= 4 is 12.1 Å². The predicted molar refractivity (Wildman–Crippen MR) is 27.8 cm³/mol. The summed E-state index contributed by atoms with van der Waals surface area (Å²) >= 11 is 0. The first-order valence-corrected chi connectivity index (χ1v) is 2.25. The topological polar surface area (TPSA) is 62.8 Å². The lowest BCUT2D eigenvalue weighted by Gasteiger charge is -1.77. The maximum absolute atomic E-state index is 10.4. The minimum absolute atomic E-state index is 0.102. The molecule has 9 heavy (non-hydrogen) atoms. The van der Waals surface area contributed by atoms with Gasteiger partial charge in [-0.1, -0.05) is 0 Å². The van der Waals surface area contributed by atoms with Crippen molar-refractivity contribution in [3.63, 3.8) is 0 Å². The summed E-state index contributed by atoms with van der Waals surface area (Å²) in [5.74, 6) is -0.632. The summed E-state index contributed by atoms with van der Waals surface area (Å²) in [4.78, 5) is 26.0. The number of aromatic amines is 1. The molecule has 0 bridgehead atoms. The van der Waals surface area contributed by atoms with Crippen LogP contribution in [0.15, 0.2) is 6.20 Å². The van der Waals surface area contributed by atoms with Gasteiger partial charge in [0.15, 0.2) is 12.6 Å². The van der Waals surface area contributed by atoms with Gasteiger partial charge in [0, 0.05) is 6.20 Å². The van der Waals surface area contributed by atoms with E-state index < -0.39 is 5.78 Å². The van der Waals surface area contributed by atoms with Crippen LogP contribution in [-0.4, -0.2) is 22.0 Å². The zero-order chi connectivity index (χ0) is 6.69. The third-order valence-electron chi connectivity index (χ3n) is 0.809. The summed E-state index contributed by atoms with van der Waals surface area (Å²) in [6.45, 7) is 0. The van der Waals surface area contributed by atoms with Gasteiger partial charge in [-0.15, -0.1) is 0 Å². The number of carbonyl (C=O) groups is 2. The molecule has 1 N–H and O–H groups in total. The average molecular weight is 123 g/mol. The Hall–Kier alpha value is -1.45. The van der Waals surface area contributed by atoms with Gasteiger partial charge < -0.3 is 4.98 Å². The largest absolute Gasteiger partial charge is 0.341 e. The van der Waals surface area contributed by atoms with E-state index in [1.54, 1.807) is 0 Å². The van der Waals surface area contributed by atoms with Crippen molar-refractivity contribution < 1.29 is 9.59 Å². The molecule has 0 amide bonds. The number of rotatable bonds is 2. The zero-order valence-electron chi connectivity index (χ0n) is 4.42. The van der Waals surface area contributed by atoms with E-state index in [4.69, 9.17) is 0 Å². The summed E-state index contributed by atoms with van der Waals surface area (Å²) in [6, 6.07) is 0. The van der Waals surface area contributed by atoms with Gasteiger partial charge in [0.2, 0.25) is 5.78 Å². The van der Waals surface area contributed by atoms with E-state index in [1.165, 1.54) is 6.20 Å². The van der Waals surface area contributed by atoms with E-state index in [-0.39, 0.29) is 12.0 Å². The monoisotopic (exact) mass is 123 g/mol. The molecule has 0 aliphatic carbocycles. The maximum atomic E-state index is 10.4. The van der Waals surface area contributed by atoms with Gasteiger partial charge >= 0.3 is 0 Å². The van der Waals surface area contributed by atoms with Crippen LogP contribution in [0.5, 0.6) is 0 Å². The first kappa shape index (κ1) is 5.68.